The van der Waals surface area contributed by atoms with Crippen LogP contribution in [0.3, 0.4) is 0 Å². The van der Waals surface area contributed by atoms with Crippen LogP contribution in [-0.4, -0.2) is 69.6 Å². The highest BCUT2D eigenvalue weighted by Gasteiger charge is 2.28. The van der Waals surface area contributed by atoms with Gasteiger partial charge in [-0.1, -0.05) is 6.92 Å². The SMILES string of the molecule is CCN1CCc2c(nc(-c3ccc(NC(=O)Nc4cnn(C)c4)cc3)nc2N2CCOCC2C)C1. The second-order valence-electron chi connectivity index (χ2n) is 9.09. The van der Waals surface area contributed by atoms with Gasteiger partial charge in [0.25, 0.3) is 0 Å². The van der Waals surface area contributed by atoms with Crippen molar-refractivity contribution in [2.24, 2.45) is 7.05 Å². The maximum atomic E-state index is 12.3. The molecule has 5 rings (SSSR count). The van der Waals surface area contributed by atoms with Gasteiger partial charge in [-0.3, -0.25) is 9.58 Å². The molecule has 1 saturated heterocycles. The lowest BCUT2D eigenvalue weighted by atomic mass is 10.0. The van der Waals surface area contributed by atoms with Gasteiger partial charge in [-0.25, -0.2) is 14.8 Å². The zero-order valence-electron chi connectivity index (χ0n) is 20.5. The number of benzene rings is 1. The van der Waals surface area contributed by atoms with Gasteiger partial charge in [0.2, 0.25) is 0 Å². The highest BCUT2D eigenvalue weighted by Crippen LogP contribution is 2.31. The van der Waals surface area contributed by atoms with Crippen molar-refractivity contribution in [2.75, 3.05) is 48.4 Å². The van der Waals surface area contributed by atoms with Crippen LogP contribution in [0.4, 0.5) is 22.0 Å². The molecule has 2 aliphatic rings. The Bertz CT molecular complexity index is 1190. The number of hydrogen-bond acceptors (Lipinski definition) is 7. The van der Waals surface area contributed by atoms with Gasteiger partial charge in [-0.05, 0) is 44.2 Å². The second kappa shape index (κ2) is 10.0. The number of carbonyl (C=O) groups is 1. The molecule has 1 fully saturated rings. The summed E-state index contributed by atoms with van der Waals surface area (Å²) in [6.07, 6.45) is 4.29. The fraction of sp³-hybridized carbons (Fsp3) is 0.440. The minimum atomic E-state index is -0.320. The minimum absolute atomic E-state index is 0.268. The Morgan fingerprint density at radius 2 is 1.94 bits per heavy atom. The number of aromatic nitrogens is 4. The number of anilines is 3. The first kappa shape index (κ1) is 23.3. The number of fused-ring (bicyclic) bond motifs is 1. The van der Waals surface area contributed by atoms with Crippen LogP contribution in [0.5, 0.6) is 0 Å². The van der Waals surface area contributed by atoms with Crippen molar-refractivity contribution in [2.45, 2.75) is 32.9 Å². The first-order chi connectivity index (χ1) is 17.0. The van der Waals surface area contributed by atoms with Crippen LogP contribution in [0.2, 0.25) is 0 Å². The van der Waals surface area contributed by atoms with Crippen LogP contribution in [0.15, 0.2) is 36.7 Å². The van der Waals surface area contributed by atoms with Gasteiger partial charge in [0.1, 0.15) is 5.82 Å². The van der Waals surface area contributed by atoms with E-state index in [-0.39, 0.29) is 12.1 Å². The third-order valence-electron chi connectivity index (χ3n) is 6.57. The summed E-state index contributed by atoms with van der Waals surface area (Å²) in [5, 5.41) is 9.68. The number of urea groups is 1. The normalized spacial score (nSPS) is 18.3. The van der Waals surface area contributed by atoms with Crippen LogP contribution >= 0.6 is 0 Å². The van der Waals surface area contributed by atoms with E-state index in [0.717, 1.165) is 49.7 Å². The molecule has 1 atom stereocenters. The zero-order chi connectivity index (χ0) is 24.4. The first-order valence-electron chi connectivity index (χ1n) is 12.1. The van der Waals surface area contributed by atoms with Crippen LogP contribution in [0.25, 0.3) is 11.4 Å². The molecule has 10 nitrogen and oxygen atoms in total. The average molecular weight is 477 g/mol. The summed E-state index contributed by atoms with van der Waals surface area (Å²) in [5.41, 5.74) is 4.61. The fourth-order valence-electron chi connectivity index (χ4n) is 4.63. The largest absolute Gasteiger partial charge is 0.377 e. The Kier molecular flexibility index (Phi) is 6.65. The topological polar surface area (TPSA) is 100 Å². The summed E-state index contributed by atoms with van der Waals surface area (Å²) in [6.45, 7) is 9.48. The Morgan fingerprint density at radius 3 is 2.66 bits per heavy atom. The molecule has 0 aliphatic carbocycles. The molecule has 35 heavy (non-hydrogen) atoms. The van der Waals surface area contributed by atoms with Gasteiger partial charge in [0, 0.05) is 49.7 Å². The predicted octanol–water partition coefficient (Wildman–Crippen LogP) is 3.12. The van der Waals surface area contributed by atoms with E-state index in [4.69, 9.17) is 14.7 Å². The van der Waals surface area contributed by atoms with Crippen molar-refractivity contribution < 1.29 is 9.53 Å². The van der Waals surface area contributed by atoms with E-state index < -0.39 is 0 Å². The van der Waals surface area contributed by atoms with Crippen molar-refractivity contribution in [1.82, 2.24) is 24.6 Å². The summed E-state index contributed by atoms with van der Waals surface area (Å²) in [6, 6.07) is 7.60. The van der Waals surface area contributed by atoms with Gasteiger partial charge in [-0.2, -0.15) is 5.10 Å². The molecule has 10 heteroatoms. The molecule has 4 heterocycles. The number of nitrogens with one attached hydrogen (secondary N) is 2. The lowest BCUT2D eigenvalue weighted by Crippen LogP contribution is -2.45. The molecule has 2 aliphatic heterocycles. The summed E-state index contributed by atoms with van der Waals surface area (Å²) in [7, 11) is 1.80. The number of morpholine rings is 1. The molecule has 0 radical (unpaired) electrons. The second-order valence-corrected chi connectivity index (χ2v) is 9.09. The van der Waals surface area contributed by atoms with Crippen molar-refractivity contribution in [3.63, 3.8) is 0 Å². The molecule has 2 N–H and O–H groups in total. The summed E-state index contributed by atoms with van der Waals surface area (Å²) in [5.74, 6) is 1.75. The molecule has 3 aromatic rings. The van der Waals surface area contributed by atoms with Crippen molar-refractivity contribution in [3.8, 4) is 11.4 Å². The lowest BCUT2D eigenvalue weighted by Gasteiger charge is -2.37. The third kappa shape index (κ3) is 5.13. The number of amides is 2. The maximum absolute atomic E-state index is 12.3. The Labute approximate surface area is 205 Å². The lowest BCUT2D eigenvalue weighted by molar-refractivity contribution is 0.0983. The monoisotopic (exact) mass is 476 g/mol. The molecule has 0 bridgehead atoms. The molecule has 2 amide bonds. The molecule has 2 aromatic heterocycles. The molecule has 0 saturated carbocycles. The average Bonchev–Trinajstić information content (AvgIpc) is 3.27. The molecule has 0 spiro atoms. The predicted molar refractivity (Wildman–Crippen MR) is 136 cm³/mol. The van der Waals surface area contributed by atoms with E-state index in [1.165, 1.54) is 5.56 Å². The standard InChI is InChI=1S/C25H32N8O2/c1-4-32-10-9-21-22(15-32)29-23(30-24(21)33-11-12-35-16-17(33)2)18-5-7-19(8-6-18)27-25(34)28-20-13-26-31(3)14-20/h5-8,13-14,17H,4,9-12,15-16H2,1-3H3,(H2,27,28,34). The van der Waals surface area contributed by atoms with Crippen molar-refractivity contribution in [1.29, 1.82) is 0 Å². The number of rotatable bonds is 5. The van der Waals surface area contributed by atoms with E-state index >= 15 is 0 Å². The summed E-state index contributed by atoms with van der Waals surface area (Å²) < 4.78 is 7.31. The highest BCUT2D eigenvalue weighted by atomic mass is 16.5. The number of ether oxygens (including phenoxy) is 1. The Hall–Kier alpha value is -3.50. The fourth-order valence-corrected chi connectivity index (χ4v) is 4.63. The highest BCUT2D eigenvalue weighted by molar-refractivity contribution is 5.99. The number of hydrogen-bond donors (Lipinski definition) is 2. The van der Waals surface area contributed by atoms with E-state index in [1.54, 1.807) is 24.1 Å². The van der Waals surface area contributed by atoms with E-state index in [9.17, 15) is 4.79 Å². The van der Waals surface area contributed by atoms with Gasteiger partial charge in [0.15, 0.2) is 5.82 Å². The van der Waals surface area contributed by atoms with Crippen LogP contribution < -0.4 is 15.5 Å². The van der Waals surface area contributed by atoms with E-state index in [0.29, 0.717) is 30.4 Å². The summed E-state index contributed by atoms with van der Waals surface area (Å²) >= 11 is 0. The van der Waals surface area contributed by atoms with E-state index in [1.807, 2.05) is 24.3 Å². The molecule has 1 aromatic carbocycles. The van der Waals surface area contributed by atoms with Gasteiger partial charge >= 0.3 is 6.03 Å². The third-order valence-corrected chi connectivity index (χ3v) is 6.57. The molecule has 184 valence electrons. The Morgan fingerprint density at radius 1 is 1.14 bits per heavy atom. The number of carbonyl (C=O) groups excluding carboxylic acids is 1. The minimum Gasteiger partial charge on any atom is -0.377 e. The van der Waals surface area contributed by atoms with Crippen LogP contribution in [0.1, 0.15) is 25.1 Å². The number of aryl methyl sites for hydroxylation is 1. The first-order valence-corrected chi connectivity index (χ1v) is 12.1. The Balaban J connectivity index is 1.39. The van der Waals surface area contributed by atoms with Crippen LogP contribution in [-0.2, 0) is 24.8 Å². The van der Waals surface area contributed by atoms with Gasteiger partial charge < -0.3 is 20.3 Å². The number of likely N-dealkylation sites (N-methyl/N-ethyl adjacent to an activating group) is 1. The maximum Gasteiger partial charge on any atom is 0.323 e. The zero-order valence-corrected chi connectivity index (χ0v) is 20.5. The van der Waals surface area contributed by atoms with Crippen molar-refractivity contribution >= 4 is 23.2 Å². The van der Waals surface area contributed by atoms with Crippen molar-refractivity contribution in [3.05, 3.63) is 47.9 Å². The quantitative estimate of drug-likeness (QED) is 0.584. The van der Waals surface area contributed by atoms with Gasteiger partial charge in [-0.15, -0.1) is 0 Å². The van der Waals surface area contributed by atoms with Crippen LogP contribution in [0, 0.1) is 0 Å². The smallest absolute Gasteiger partial charge is 0.323 e. The molecular weight excluding hydrogens is 444 g/mol. The summed E-state index contributed by atoms with van der Waals surface area (Å²) in [4.78, 5) is 27.2. The van der Waals surface area contributed by atoms with Gasteiger partial charge in [0.05, 0.1) is 36.8 Å². The number of nitrogens with zero attached hydrogens (tertiary/aromatic N) is 6. The molecule has 1 unspecified atom stereocenters. The molecular formula is C25H32N8O2. The van der Waals surface area contributed by atoms with E-state index in [2.05, 4.69) is 39.4 Å².